The van der Waals surface area contributed by atoms with Crippen molar-refractivity contribution in [2.75, 3.05) is 24.6 Å². The summed E-state index contributed by atoms with van der Waals surface area (Å²) in [5.74, 6) is 2.70. The highest BCUT2D eigenvalue weighted by molar-refractivity contribution is 7.99. The zero-order valence-electron chi connectivity index (χ0n) is 6.83. The van der Waals surface area contributed by atoms with Crippen LogP contribution in [0.3, 0.4) is 0 Å². The van der Waals surface area contributed by atoms with E-state index in [1.165, 1.54) is 30.9 Å². The first-order valence-corrected chi connectivity index (χ1v) is 5.59. The second-order valence-corrected chi connectivity index (χ2v) is 4.71. The molecule has 3 heteroatoms. The molecule has 2 aliphatic heterocycles. The molecule has 1 unspecified atom stereocenters. The third-order valence-corrected chi connectivity index (χ3v) is 3.82. The number of nitrogens with two attached hydrogens (primary N) is 1. The van der Waals surface area contributed by atoms with Crippen LogP contribution in [0, 0.1) is 0 Å². The average Bonchev–Trinajstić information content (AvgIpc) is 2.55. The lowest BCUT2D eigenvalue weighted by Crippen LogP contribution is -2.35. The van der Waals surface area contributed by atoms with E-state index in [9.17, 15) is 0 Å². The molecule has 2 nitrogen and oxygen atoms in total. The van der Waals surface area contributed by atoms with Crippen LogP contribution in [0.25, 0.3) is 0 Å². The molecule has 0 aliphatic carbocycles. The standard InChI is InChI=1S/C8H16N2S/c9-7-1-3-10(5-7)8-2-4-11-6-8/h7-8H,1-6,9H2/t7-,8?/m0/s1. The Labute approximate surface area is 72.5 Å². The molecule has 2 rings (SSSR count). The summed E-state index contributed by atoms with van der Waals surface area (Å²) in [6.45, 7) is 2.39. The minimum absolute atomic E-state index is 0.459. The Morgan fingerprint density at radius 3 is 2.82 bits per heavy atom. The molecule has 0 amide bonds. The van der Waals surface area contributed by atoms with E-state index in [1.54, 1.807) is 0 Å². The molecule has 2 saturated heterocycles. The third kappa shape index (κ3) is 1.71. The molecule has 2 aliphatic rings. The fourth-order valence-electron chi connectivity index (χ4n) is 1.96. The molecule has 0 aromatic carbocycles. The van der Waals surface area contributed by atoms with Crippen molar-refractivity contribution in [2.24, 2.45) is 5.73 Å². The monoisotopic (exact) mass is 172 g/mol. The maximum Gasteiger partial charge on any atom is 0.0194 e. The van der Waals surface area contributed by atoms with Gasteiger partial charge in [0.15, 0.2) is 0 Å². The number of hydrogen-bond acceptors (Lipinski definition) is 3. The molecule has 64 valence electrons. The fraction of sp³-hybridized carbons (Fsp3) is 1.00. The Hall–Kier alpha value is 0.270. The Morgan fingerprint density at radius 2 is 2.27 bits per heavy atom. The van der Waals surface area contributed by atoms with Gasteiger partial charge in [-0.2, -0.15) is 11.8 Å². The number of thioether (sulfide) groups is 1. The van der Waals surface area contributed by atoms with Crippen molar-refractivity contribution in [3.05, 3.63) is 0 Å². The van der Waals surface area contributed by atoms with Gasteiger partial charge in [-0.1, -0.05) is 0 Å². The molecule has 0 spiro atoms. The normalized spacial score (nSPS) is 40.1. The van der Waals surface area contributed by atoms with E-state index in [-0.39, 0.29) is 0 Å². The number of rotatable bonds is 1. The van der Waals surface area contributed by atoms with Crippen LogP contribution in [0.4, 0.5) is 0 Å². The van der Waals surface area contributed by atoms with Gasteiger partial charge < -0.3 is 5.73 Å². The summed E-state index contributed by atoms with van der Waals surface area (Å²) >= 11 is 2.09. The Bertz CT molecular complexity index is 134. The molecule has 11 heavy (non-hydrogen) atoms. The van der Waals surface area contributed by atoms with Crippen molar-refractivity contribution in [3.8, 4) is 0 Å². The number of likely N-dealkylation sites (tertiary alicyclic amines) is 1. The Kier molecular flexibility index (Phi) is 2.39. The molecular weight excluding hydrogens is 156 g/mol. The zero-order chi connectivity index (χ0) is 7.68. The van der Waals surface area contributed by atoms with E-state index < -0.39 is 0 Å². The van der Waals surface area contributed by atoms with Crippen LogP contribution in [-0.4, -0.2) is 41.6 Å². The Balaban J connectivity index is 1.85. The first-order chi connectivity index (χ1) is 5.36. The maximum absolute atomic E-state index is 5.84. The highest BCUT2D eigenvalue weighted by Crippen LogP contribution is 2.24. The van der Waals surface area contributed by atoms with E-state index in [0.29, 0.717) is 6.04 Å². The summed E-state index contributed by atoms with van der Waals surface area (Å²) in [7, 11) is 0. The SMILES string of the molecule is N[C@H]1CCN(C2CCSC2)C1. The van der Waals surface area contributed by atoms with Crippen LogP contribution < -0.4 is 5.73 Å². The van der Waals surface area contributed by atoms with Crippen molar-refractivity contribution in [2.45, 2.75) is 24.9 Å². The molecule has 2 atom stereocenters. The van der Waals surface area contributed by atoms with Crippen molar-refractivity contribution in [1.82, 2.24) is 4.90 Å². The lowest BCUT2D eigenvalue weighted by Gasteiger charge is -2.22. The smallest absolute Gasteiger partial charge is 0.0194 e. The van der Waals surface area contributed by atoms with E-state index in [1.807, 2.05) is 0 Å². The summed E-state index contributed by atoms with van der Waals surface area (Å²) in [4.78, 5) is 2.57. The van der Waals surface area contributed by atoms with Crippen molar-refractivity contribution < 1.29 is 0 Å². The molecule has 0 saturated carbocycles. The van der Waals surface area contributed by atoms with Crippen molar-refractivity contribution in [1.29, 1.82) is 0 Å². The lowest BCUT2D eigenvalue weighted by molar-refractivity contribution is 0.261. The molecule has 0 aromatic rings. The first-order valence-electron chi connectivity index (χ1n) is 4.43. The van der Waals surface area contributed by atoms with Crippen LogP contribution in [0.15, 0.2) is 0 Å². The molecule has 0 radical (unpaired) electrons. The van der Waals surface area contributed by atoms with E-state index in [4.69, 9.17) is 5.73 Å². The quantitative estimate of drug-likeness (QED) is 0.625. The topological polar surface area (TPSA) is 29.3 Å². The van der Waals surface area contributed by atoms with Gasteiger partial charge >= 0.3 is 0 Å². The average molecular weight is 172 g/mol. The summed E-state index contributed by atoms with van der Waals surface area (Å²) in [6.07, 6.45) is 2.60. The lowest BCUT2D eigenvalue weighted by atomic mass is 10.2. The molecule has 2 fully saturated rings. The van der Waals surface area contributed by atoms with Gasteiger partial charge in [0.2, 0.25) is 0 Å². The minimum Gasteiger partial charge on any atom is -0.326 e. The van der Waals surface area contributed by atoms with E-state index in [0.717, 1.165) is 12.6 Å². The van der Waals surface area contributed by atoms with Gasteiger partial charge in [-0.15, -0.1) is 0 Å². The van der Waals surface area contributed by atoms with Crippen molar-refractivity contribution in [3.63, 3.8) is 0 Å². The fourth-order valence-corrected chi connectivity index (χ4v) is 3.21. The van der Waals surface area contributed by atoms with Gasteiger partial charge in [-0.3, -0.25) is 4.90 Å². The van der Waals surface area contributed by atoms with Gasteiger partial charge in [-0.25, -0.2) is 0 Å². The molecule has 0 aromatic heterocycles. The predicted molar refractivity (Wildman–Crippen MR) is 49.9 cm³/mol. The molecule has 2 heterocycles. The van der Waals surface area contributed by atoms with E-state index in [2.05, 4.69) is 16.7 Å². The second-order valence-electron chi connectivity index (χ2n) is 3.56. The number of nitrogens with zero attached hydrogens (tertiary/aromatic N) is 1. The van der Waals surface area contributed by atoms with Crippen LogP contribution in [-0.2, 0) is 0 Å². The molecular formula is C8H16N2S. The largest absolute Gasteiger partial charge is 0.326 e. The first kappa shape index (κ1) is 7.90. The summed E-state index contributed by atoms with van der Waals surface area (Å²) in [6, 6.07) is 1.31. The van der Waals surface area contributed by atoms with Crippen molar-refractivity contribution >= 4 is 11.8 Å². The summed E-state index contributed by atoms with van der Waals surface area (Å²) in [5.41, 5.74) is 5.84. The minimum atomic E-state index is 0.459. The summed E-state index contributed by atoms with van der Waals surface area (Å²) < 4.78 is 0. The molecule has 0 bridgehead atoms. The summed E-state index contributed by atoms with van der Waals surface area (Å²) in [5, 5.41) is 0. The second kappa shape index (κ2) is 3.33. The van der Waals surface area contributed by atoms with Gasteiger partial charge in [0.05, 0.1) is 0 Å². The third-order valence-electron chi connectivity index (χ3n) is 2.68. The van der Waals surface area contributed by atoms with Gasteiger partial charge in [0, 0.05) is 30.9 Å². The van der Waals surface area contributed by atoms with Crippen LogP contribution in [0.5, 0.6) is 0 Å². The number of hydrogen-bond donors (Lipinski definition) is 1. The predicted octanol–water partition coefficient (Wildman–Crippen LogP) is 0.525. The zero-order valence-corrected chi connectivity index (χ0v) is 7.65. The van der Waals surface area contributed by atoms with Gasteiger partial charge in [0.25, 0.3) is 0 Å². The van der Waals surface area contributed by atoms with Crippen LogP contribution in [0.2, 0.25) is 0 Å². The molecule has 2 N–H and O–H groups in total. The maximum atomic E-state index is 5.84. The van der Waals surface area contributed by atoms with Crippen LogP contribution in [0.1, 0.15) is 12.8 Å². The highest BCUT2D eigenvalue weighted by atomic mass is 32.2. The Morgan fingerprint density at radius 1 is 1.36 bits per heavy atom. The van der Waals surface area contributed by atoms with Crippen LogP contribution >= 0.6 is 11.8 Å². The van der Waals surface area contributed by atoms with E-state index >= 15 is 0 Å². The van der Waals surface area contributed by atoms with Gasteiger partial charge in [-0.05, 0) is 18.6 Å². The highest BCUT2D eigenvalue weighted by Gasteiger charge is 2.28. The van der Waals surface area contributed by atoms with Gasteiger partial charge in [0.1, 0.15) is 0 Å².